The first-order valence-electron chi connectivity index (χ1n) is 6.00. The summed E-state index contributed by atoms with van der Waals surface area (Å²) in [4.78, 5) is 8.15. The van der Waals surface area contributed by atoms with E-state index in [2.05, 4.69) is 38.1 Å². The summed E-state index contributed by atoms with van der Waals surface area (Å²) < 4.78 is 0.839. The molecule has 1 aromatic rings. The van der Waals surface area contributed by atoms with Crippen molar-refractivity contribution in [2.75, 3.05) is 11.9 Å². The highest BCUT2D eigenvalue weighted by Crippen LogP contribution is 2.35. The van der Waals surface area contributed by atoms with Crippen molar-refractivity contribution in [3.63, 3.8) is 0 Å². The third kappa shape index (κ3) is 2.96. The van der Waals surface area contributed by atoms with Crippen LogP contribution in [0.4, 0.5) is 5.82 Å². The summed E-state index contributed by atoms with van der Waals surface area (Å²) in [6.07, 6.45) is 7.60. The van der Waals surface area contributed by atoms with Crippen molar-refractivity contribution in [2.45, 2.75) is 38.1 Å². The van der Waals surface area contributed by atoms with Gasteiger partial charge < -0.3 is 10.4 Å². The number of anilines is 1. The van der Waals surface area contributed by atoms with E-state index < -0.39 is 0 Å². The van der Waals surface area contributed by atoms with Crippen molar-refractivity contribution in [2.24, 2.45) is 5.92 Å². The molecule has 0 radical (unpaired) electrons. The monoisotopic (exact) mass is 299 g/mol. The van der Waals surface area contributed by atoms with E-state index in [0.717, 1.165) is 29.6 Å². The molecular weight excluding hydrogens is 282 g/mol. The minimum atomic E-state index is -0.228. The minimum absolute atomic E-state index is 0.147. The van der Waals surface area contributed by atoms with Crippen molar-refractivity contribution >= 4 is 21.7 Å². The Bertz CT molecular complexity index is 388. The van der Waals surface area contributed by atoms with Crippen molar-refractivity contribution < 1.29 is 5.11 Å². The van der Waals surface area contributed by atoms with Gasteiger partial charge in [-0.2, -0.15) is 0 Å². The lowest BCUT2D eigenvalue weighted by Gasteiger charge is -2.39. The molecule has 94 valence electrons. The van der Waals surface area contributed by atoms with E-state index in [1.165, 1.54) is 12.7 Å². The Labute approximate surface area is 110 Å². The Kier molecular flexibility index (Phi) is 3.99. The predicted octanol–water partition coefficient (Wildman–Crippen LogP) is 2.59. The van der Waals surface area contributed by atoms with Gasteiger partial charge in [0, 0.05) is 6.20 Å². The van der Waals surface area contributed by atoms with Crippen LogP contribution in [-0.2, 0) is 0 Å². The number of aliphatic hydroxyl groups is 1. The first kappa shape index (κ1) is 12.8. The summed E-state index contributed by atoms with van der Waals surface area (Å²) in [5.41, 5.74) is -0.228. The van der Waals surface area contributed by atoms with Crippen LogP contribution < -0.4 is 5.32 Å². The van der Waals surface area contributed by atoms with Crippen LogP contribution in [0, 0.1) is 5.92 Å². The molecule has 2 unspecified atom stereocenters. The summed E-state index contributed by atoms with van der Waals surface area (Å²) in [6, 6.07) is 0. The van der Waals surface area contributed by atoms with E-state index in [4.69, 9.17) is 0 Å². The van der Waals surface area contributed by atoms with Gasteiger partial charge in [0.2, 0.25) is 0 Å². The molecule has 0 bridgehead atoms. The van der Waals surface area contributed by atoms with Crippen LogP contribution in [-0.4, -0.2) is 27.2 Å². The molecule has 0 aromatic carbocycles. The number of halogens is 1. The van der Waals surface area contributed by atoms with E-state index in [1.54, 1.807) is 6.20 Å². The van der Waals surface area contributed by atoms with Gasteiger partial charge in [-0.05, 0) is 34.7 Å². The second-order valence-corrected chi connectivity index (χ2v) is 5.84. The number of hydrogen-bond acceptors (Lipinski definition) is 4. The maximum Gasteiger partial charge on any atom is 0.144 e. The molecule has 0 spiro atoms. The SMILES string of the molecule is CC1CCCC(CO)(Nc2ncncc2Br)C1. The lowest BCUT2D eigenvalue weighted by molar-refractivity contribution is 0.149. The number of aromatic nitrogens is 2. The molecule has 2 rings (SSSR count). The van der Waals surface area contributed by atoms with Crippen LogP contribution in [0.15, 0.2) is 17.0 Å². The maximum absolute atomic E-state index is 9.69. The Balaban J connectivity index is 2.17. The Hall–Kier alpha value is -0.680. The third-order valence-corrected chi connectivity index (χ3v) is 4.03. The topological polar surface area (TPSA) is 58.0 Å². The predicted molar refractivity (Wildman–Crippen MR) is 70.8 cm³/mol. The van der Waals surface area contributed by atoms with Gasteiger partial charge >= 0.3 is 0 Å². The zero-order valence-electron chi connectivity index (χ0n) is 9.99. The molecule has 1 aromatic heterocycles. The van der Waals surface area contributed by atoms with Gasteiger partial charge in [-0.3, -0.25) is 0 Å². The molecular formula is C12H18BrN3O. The molecule has 0 aliphatic heterocycles. The number of hydrogen-bond donors (Lipinski definition) is 2. The first-order valence-corrected chi connectivity index (χ1v) is 6.79. The molecule has 1 aliphatic rings. The van der Waals surface area contributed by atoms with Crippen molar-refractivity contribution in [3.8, 4) is 0 Å². The Morgan fingerprint density at radius 1 is 1.65 bits per heavy atom. The zero-order chi connectivity index (χ0) is 12.3. The number of aliphatic hydroxyl groups excluding tert-OH is 1. The van der Waals surface area contributed by atoms with Gasteiger partial charge in [-0.1, -0.05) is 19.8 Å². The van der Waals surface area contributed by atoms with Gasteiger partial charge in [0.15, 0.2) is 0 Å². The average Bonchev–Trinajstić information content (AvgIpc) is 2.32. The maximum atomic E-state index is 9.69. The summed E-state index contributed by atoms with van der Waals surface area (Å²) in [7, 11) is 0. The molecule has 1 saturated carbocycles. The summed E-state index contributed by atoms with van der Waals surface area (Å²) in [5, 5.41) is 13.1. The van der Waals surface area contributed by atoms with E-state index in [1.807, 2.05) is 0 Å². The molecule has 2 atom stereocenters. The number of nitrogens with one attached hydrogen (secondary N) is 1. The minimum Gasteiger partial charge on any atom is -0.394 e. The Morgan fingerprint density at radius 2 is 2.47 bits per heavy atom. The molecule has 4 nitrogen and oxygen atoms in total. The van der Waals surface area contributed by atoms with E-state index in [0.29, 0.717) is 5.92 Å². The third-order valence-electron chi connectivity index (χ3n) is 3.45. The summed E-state index contributed by atoms with van der Waals surface area (Å²) in [6.45, 7) is 2.38. The molecule has 5 heteroatoms. The molecule has 0 saturated heterocycles. The highest BCUT2D eigenvalue weighted by molar-refractivity contribution is 9.10. The fourth-order valence-corrected chi connectivity index (χ4v) is 2.93. The number of rotatable bonds is 3. The van der Waals surface area contributed by atoms with Crippen LogP contribution in [0.5, 0.6) is 0 Å². The second-order valence-electron chi connectivity index (χ2n) is 4.98. The smallest absolute Gasteiger partial charge is 0.144 e. The molecule has 0 amide bonds. The van der Waals surface area contributed by atoms with Gasteiger partial charge in [0.25, 0.3) is 0 Å². The quantitative estimate of drug-likeness (QED) is 0.901. The molecule has 17 heavy (non-hydrogen) atoms. The van der Waals surface area contributed by atoms with Gasteiger partial charge in [-0.25, -0.2) is 9.97 Å². The zero-order valence-corrected chi connectivity index (χ0v) is 11.6. The normalized spacial score (nSPS) is 29.0. The van der Waals surface area contributed by atoms with Crippen molar-refractivity contribution in [1.82, 2.24) is 9.97 Å². The van der Waals surface area contributed by atoms with E-state index >= 15 is 0 Å². The largest absolute Gasteiger partial charge is 0.394 e. The van der Waals surface area contributed by atoms with E-state index in [9.17, 15) is 5.11 Å². The van der Waals surface area contributed by atoms with Crippen LogP contribution in [0.25, 0.3) is 0 Å². The van der Waals surface area contributed by atoms with E-state index in [-0.39, 0.29) is 12.1 Å². The van der Waals surface area contributed by atoms with Gasteiger partial charge in [-0.15, -0.1) is 0 Å². The highest BCUT2D eigenvalue weighted by Gasteiger charge is 2.34. The standard InChI is InChI=1S/C12H18BrN3O/c1-9-3-2-4-12(5-9,7-17)16-11-10(13)6-14-8-15-11/h6,8-9,17H,2-5,7H2,1H3,(H,14,15,16). The number of nitrogens with zero attached hydrogens (tertiary/aromatic N) is 2. The van der Waals surface area contributed by atoms with Crippen LogP contribution in [0.1, 0.15) is 32.6 Å². The second kappa shape index (κ2) is 5.31. The van der Waals surface area contributed by atoms with Crippen LogP contribution in [0.3, 0.4) is 0 Å². The molecule has 2 N–H and O–H groups in total. The first-order chi connectivity index (χ1) is 8.15. The molecule has 1 aliphatic carbocycles. The fourth-order valence-electron chi connectivity index (χ4n) is 2.61. The van der Waals surface area contributed by atoms with Crippen LogP contribution >= 0.6 is 15.9 Å². The summed E-state index contributed by atoms with van der Waals surface area (Å²) >= 11 is 3.42. The Morgan fingerprint density at radius 3 is 3.12 bits per heavy atom. The molecule has 1 heterocycles. The van der Waals surface area contributed by atoms with Crippen LogP contribution in [0.2, 0.25) is 0 Å². The lowest BCUT2D eigenvalue weighted by atomic mass is 9.77. The molecule has 1 fully saturated rings. The summed E-state index contributed by atoms with van der Waals surface area (Å²) in [5.74, 6) is 1.41. The van der Waals surface area contributed by atoms with Crippen molar-refractivity contribution in [1.29, 1.82) is 0 Å². The lowest BCUT2D eigenvalue weighted by Crippen LogP contribution is -2.46. The highest BCUT2D eigenvalue weighted by atomic mass is 79.9. The van der Waals surface area contributed by atoms with Gasteiger partial charge in [0.05, 0.1) is 16.6 Å². The fraction of sp³-hybridized carbons (Fsp3) is 0.667. The average molecular weight is 300 g/mol. The van der Waals surface area contributed by atoms with Gasteiger partial charge in [0.1, 0.15) is 12.1 Å². The van der Waals surface area contributed by atoms with Crippen molar-refractivity contribution in [3.05, 3.63) is 17.0 Å².